The highest BCUT2D eigenvalue weighted by atomic mass is 14.2. The van der Waals surface area contributed by atoms with E-state index in [2.05, 4.69) is 20.4 Å². The molecule has 0 nitrogen and oxygen atoms in total. The summed E-state index contributed by atoms with van der Waals surface area (Å²) in [5.41, 5.74) is 1.51. The zero-order valence-corrected chi connectivity index (χ0v) is 7.19. The third-order valence-corrected chi connectivity index (χ3v) is 2.38. The first-order valence-corrected chi connectivity index (χ1v) is 4.38. The molecule has 1 unspecified atom stereocenters. The lowest BCUT2D eigenvalue weighted by Gasteiger charge is -2.12. The van der Waals surface area contributed by atoms with Crippen LogP contribution in [-0.4, -0.2) is 0 Å². The van der Waals surface area contributed by atoms with E-state index in [1.807, 2.05) is 0 Å². The van der Waals surface area contributed by atoms with E-state index in [0.717, 1.165) is 11.8 Å². The molecule has 1 fully saturated rings. The van der Waals surface area contributed by atoms with Gasteiger partial charge in [0.05, 0.1) is 0 Å². The highest BCUT2D eigenvalue weighted by Crippen LogP contribution is 2.33. The molecule has 0 bridgehead atoms. The molecule has 0 heteroatoms. The van der Waals surface area contributed by atoms with E-state index < -0.39 is 0 Å². The van der Waals surface area contributed by atoms with Crippen molar-refractivity contribution in [2.45, 2.75) is 39.5 Å². The monoisotopic (exact) mass is 138 g/mol. The maximum absolute atomic E-state index is 4.09. The summed E-state index contributed by atoms with van der Waals surface area (Å²) in [4.78, 5) is 0. The zero-order chi connectivity index (χ0) is 7.56. The van der Waals surface area contributed by atoms with Crippen molar-refractivity contribution in [2.24, 2.45) is 11.8 Å². The minimum Gasteiger partial charge on any atom is -0.0996 e. The molecule has 1 rings (SSSR count). The first kappa shape index (κ1) is 7.84. The second-order valence-electron chi connectivity index (χ2n) is 3.88. The van der Waals surface area contributed by atoms with Crippen LogP contribution in [0.5, 0.6) is 0 Å². The van der Waals surface area contributed by atoms with E-state index in [-0.39, 0.29) is 0 Å². The average Bonchev–Trinajstić information content (AvgIpc) is 2.15. The van der Waals surface area contributed by atoms with Crippen molar-refractivity contribution in [1.29, 1.82) is 0 Å². The molecule has 0 aromatic rings. The molecule has 1 aliphatic rings. The van der Waals surface area contributed by atoms with E-state index in [1.165, 1.54) is 31.3 Å². The van der Waals surface area contributed by atoms with Crippen molar-refractivity contribution < 1.29 is 0 Å². The fraction of sp³-hybridized carbons (Fsp3) is 0.800. The zero-order valence-electron chi connectivity index (χ0n) is 7.19. The Morgan fingerprint density at radius 1 is 1.60 bits per heavy atom. The summed E-state index contributed by atoms with van der Waals surface area (Å²) in [5, 5.41) is 0. The van der Waals surface area contributed by atoms with Gasteiger partial charge in [0, 0.05) is 0 Å². The second kappa shape index (κ2) is 3.23. The van der Waals surface area contributed by atoms with Gasteiger partial charge in [0.15, 0.2) is 0 Å². The van der Waals surface area contributed by atoms with Gasteiger partial charge in [-0.05, 0) is 37.5 Å². The number of hydrogen-bond donors (Lipinski definition) is 0. The molecule has 0 heterocycles. The molecule has 1 aliphatic carbocycles. The summed E-state index contributed by atoms with van der Waals surface area (Å²) in [6.45, 7) is 8.68. The largest absolute Gasteiger partial charge is 0.0996 e. The Balaban J connectivity index is 2.33. The van der Waals surface area contributed by atoms with Gasteiger partial charge >= 0.3 is 0 Å². The van der Waals surface area contributed by atoms with E-state index in [4.69, 9.17) is 0 Å². The molecule has 0 N–H and O–H groups in total. The predicted octanol–water partition coefficient (Wildman–Crippen LogP) is 3.39. The third kappa shape index (κ3) is 1.86. The van der Waals surface area contributed by atoms with Crippen molar-refractivity contribution in [2.75, 3.05) is 0 Å². The molecule has 0 aromatic carbocycles. The number of hydrogen-bond acceptors (Lipinski definition) is 0. The molecule has 58 valence electrons. The van der Waals surface area contributed by atoms with Gasteiger partial charge in [-0.25, -0.2) is 0 Å². The Kier molecular flexibility index (Phi) is 2.53. The van der Waals surface area contributed by atoms with Gasteiger partial charge in [-0.1, -0.05) is 26.0 Å². The second-order valence-corrected chi connectivity index (χ2v) is 3.88. The van der Waals surface area contributed by atoms with Crippen LogP contribution in [0.4, 0.5) is 0 Å². The Morgan fingerprint density at radius 3 is 2.70 bits per heavy atom. The predicted molar refractivity (Wildman–Crippen MR) is 45.9 cm³/mol. The van der Waals surface area contributed by atoms with E-state index in [0.29, 0.717) is 0 Å². The minimum absolute atomic E-state index is 0.847. The van der Waals surface area contributed by atoms with Crippen LogP contribution in [0.2, 0.25) is 0 Å². The van der Waals surface area contributed by atoms with Gasteiger partial charge in [0.25, 0.3) is 0 Å². The summed E-state index contributed by atoms with van der Waals surface area (Å²) in [5.74, 6) is 1.71. The Morgan fingerprint density at radius 2 is 2.30 bits per heavy atom. The smallest absolute Gasteiger partial charge is 0.0203 e. The summed E-state index contributed by atoms with van der Waals surface area (Å²) in [6.07, 6.45) is 5.43. The average molecular weight is 138 g/mol. The SMILES string of the molecule is C=C1CCCC1CC(C)C. The fourth-order valence-corrected chi connectivity index (χ4v) is 1.84. The molecule has 1 saturated carbocycles. The van der Waals surface area contributed by atoms with Crippen LogP contribution in [0.3, 0.4) is 0 Å². The van der Waals surface area contributed by atoms with Gasteiger partial charge in [-0.15, -0.1) is 0 Å². The van der Waals surface area contributed by atoms with Gasteiger partial charge < -0.3 is 0 Å². The maximum Gasteiger partial charge on any atom is -0.0203 e. The van der Waals surface area contributed by atoms with E-state index in [9.17, 15) is 0 Å². The van der Waals surface area contributed by atoms with Crippen molar-refractivity contribution in [1.82, 2.24) is 0 Å². The normalized spacial score (nSPS) is 26.3. The van der Waals surface area contributed by atoms with Crippen LogP contribution in [0.15, 0.2) is 12.2 Å². The quantitative estimate of drug-likeness (QED) is 0.513. The Labute approximate surface area is 64.3 Å². The van der Waals surface area contributed by atoms with E-state index >= 15 is 0 Å². The lowest BCUT2D eigenvalue weighted by atomic mass is 9.93. The summed E-state index contributed by atoms with van der Waals surface area (Å²) in [6, 6.07) is 0. The molecule has 0 aliphatic heterocycles. The van der Waals surface area contributed by atoms with Crippen LogP contribution in [0.25, 0.3) is 0 Å². The minimum atomic E-state index is 0.847. The molecule has 10 heavy (non-hydrogen) atoms. The molecule has 0 spiro atoms. The van der Waals surface area contributed by atoms with Crippen molar-refractivity contribution in [3.05, 3.63) is 12.2 Å². The van der Waals surface area contributed by atoms with E-state index in [1.54, 1.807) is 0 Å². The molecule has 0 radical (unpaired) electrons. The molecular weight excluding hydrogens is 120 g/mol. The van der Waals surface area contributed by atoms with Crippen molar-refractivity contribution >= 4 is 0 Å². The number of rotatable bonds is 2. The summed E-state index contributed by atoms with van der Waals surface area (Å²) >= 11 is 0. The highest BCUT2D eigenvalue weighted by molar-refractivity contribution is 5.05. The standard InChI is InChI=1S/C10H18/c1-8(2)7-10-6-4-5-9(10)3/h8,10H,3-7H2,1-2H3. The molecule has 1 atom stereocenters. The summed E-state index contributed by atoms with van der Waals surface area (Å²) in [7, 11) is 0. The topological polar surface area (TPSA) is 0 Å². The van der Waals surface area contributed by atoms with Crippen LogP contribution < -0.4 is 0 Å². The Hall–Kier alpha value is -0.260. The summed E-state index contributed by atoms with van der Waals surface area (Å²) < 4.78 is 0. The van der Waals surface area contributed by atoms with Crippen molar-refractivity contribution in [3.63, 3.8) is 0 Å². The fourth-order valence-electron chi connectivity index (χ4n) is 1.84. The molecule has 0 amide bonds. The molecule has 0 saturated heterocycles. The maximum atomic E-state index is 4.09. The lowest BCUT2D eigenvalue weighted by Crippen LogP contribution is -2.00. The third-order valence-electron chi connectivity index (χ3n) is 2.38. The van der Waals surface area contributed by atoms with Gasteiger partial charge in [-0.3, -0.25) is 0 Å². The first-order chi connectivity index (χ1) is 4.70. The first-order valence-electron chi connectivity index (χ1n) is 4.38. The van der Waals surface area contributed by atoms with Gasteiger partial charge in [-0.2, -0.15) is 0 Å². The highest BCUT2D eigenvalue weighted by Gasteiger charge is 2.19. The van der Waals surface area contributed by atoms with Crippen LogP contribution in [0.1, 0.15) is 39.5 Å². The Bertz CT molecular complexity index is 122. The van der Waals surface area contributed by atoms with Gasteiger partial charge in [0.1, 0.15) is 0 Å². The molecule has 0 aromatic heterocycles. The van der Waals surface area contributed by atoms with Crippen molar-refractivity contribution in [3.8, 4) is 0 Å². The van der Waals surface area contributed by atoms with Crippen LogP contribution in [0, 0.1) is 11.8 Å². The molecular formula is C10H18. The van der Waals surface area contributed by atoms with Crippen LogP contribution >= 0.6 is 0 Å². The number of allylic oxidation sites excluding steroid dienone is 1. The van der Waals surface area contributed by atoms with Crippen LogP contribution in [-0.2, 0) is 0 Å². The lowest BCUT2D eigenvalue weighted by molar-refractivity contribution is 0.466. The van der Waals surface area contributed by atoms with Gasteiger partial charge in [0.2, 0.25) is 0 Å².